The van der Waals surface area contributed by atoms with Crippen molar-refractivity contribution in [3.8, 4) is 0 Å². The maximum atomic E-state index is 12.3. The number of halogens is 1. The van der Waals surface area contributed by atoms with Crippen LogP contribution in [-0.4, -0.2) is 111 Å². The molecular weight excluding hydrogens is 467 g/mol. The molecule has 8 heteroatoms. The Labute approximate surface area is 189 Å². The van der Waals surface area contributed by atoms with Gasteiger partial charge in [0.25, 0.3) is 0 Å². The zero-order valence-corrected chi connectivity index (χ0v) is 21.1. The molecule has 7 nitrogen and oxygen atoms in total. The minimum absolute atomic E-state index is 0. The molecule has 1 rings (SSSR count). The number of nitrogens with zero attached hydrogens (tertiary/aromatic N) is 5. The molecular formula is C20H43IN6O. The first kappa shape index (κ1) is 27.4. The molecule has 0 aromatic heterocycles. The van der Waals surface area contributed by atoms with Gasteiger partial charge in [-0.1, -0.05) is 6.92 Å². The van der Waals surface area contributed by atoms with Crippen LogP contribution in [0.25, 0.3) is 0 Å². The molecule has 1 saturated heterocycles. The van der Waals surface area contributed by atoms with Crippen LogP contribution in [-0.2, 0) is 4.79 Å². The molecule has 0 radical (unpaired) electrons. The first-order chi connectivity index (χ1) is 13.0. The Morgan fingerprint density at radius 2 is 1.61 bits per heavy atom. The highest BCUT2D eigenvalue weighted by atomic mass is 127. The van der Waals surface area contributed by atoms with E-state index in [1.54, 1.807) is 0 Å². The maximum absolute atomic E-state index is 12.3. The number of rotatable bonds is 11. The second kappa shape index (κ2) is 16.2. The molecule has 0 spiro atoms. The highest BCUT2D eigenvalue weighted by molar-refractivity contribution is 14.0. The van der Waals surface area contributed by atoms with Gasteiger partial charge in [-0.25, -0.2) is 0 Å². The molecule has 28 heavy (non-hydrogen) atoms. The van der Waals surface area contributed by atoms with Gasteiger partial charge in [-0.05, 0) is 46.7 Å². The molecule has 1 heterocycles. The lowest BCUT2D eigenvalue weighted by atomic mass is 10.2. The second-order valence-electron chi connectivity index (χ2n) is 7.14. The van der Waals surface area contributed by atoms with E-state index >= 15 is 0 Å². The van der Waals surface area contributed by atoms with Crippen molar-refractivity contribution >= 4 is 35.8 Å². The Hall–Kier alpha value is -0.610. The molecule has 1 aliphatic rings. The number of carbonyl (C=O) groups excluding carboxylic acids is 1. The highest BCUT2D eigenvalue weighted by Crippen LogP contribution is 2.03. The zero-order chi connectivity index (χ0) is 20.1. The van der Waals surface area contributed by atoms with E-state index < -0.39 is 0 Å². The predicted molar refractivity (Wildman–Crippen MR) is 130 cm³/mol. The van der Waals surface area contributed by atoms with Gasteiger partial charge in [0.15, 0.2) is 5.96 Å². The minimum Gasteiger partial charge on any atom is -0.357 e. The molecule has 0 aromatic carbocycles. The first-order valence-electron chi connectivity index (χ1n) is 10.8. The number of guanidine groups is 1. The number of likely N-dealkylation sites (N-methyl/N-ethyl adjacent to an activating group) is 3. The van der Waals surface area contributed by atoms with Crippen molar-refractivity contribution in [1.29, 1.82) is 0 Å². The van der Waals surface area contributed by atoms with Crippen LogP contribution in [0.15, 0.2) is 4.99 Å². The molecule has 0 aromatic rings. The van der Waals surface area contributed by atoms with Crippen molar-refractivity contribution in [3.63, 3.8) is 0 Å². The van der Waals surface area contributed by atoms with Gasteiger partial charge in [-0.2, -0.15) is 0 Å². The summed E-state index contributed by atoms with van der Waals surface area (Å²) in [5.74, 6) is 0.980. The summed E-state index contributed by atoms with van der Waals surface area (Å²) in [6, 6.07) is 0. The standard InChI is InChI=1S/C20H42N6O.HI/c1-6-21-20(23(5)18-19(27)26(8-3)9-4)22-12-10-11-13-25-16-14-24(7-2)15-17-25;/h6-18H2,1-5H3,(H,21,22);1H. The average molecular weight is 511 g/mol. The van der Waals surface area contributed by atoms with E-state index in [4.69, 9.17) is 4.99 Å². The van der Waals surface area contributed by atoms with E-state index in [9.17, 15) is 4.79 Å². The third-order valence-electron chi connectivity index (χ3n) is 5.24. The molecule has 0 unspecified atom stereocenters. The Morgan fingerprint density at radius 1 is 1.00 bits per heavy atom. The molecule has 1 aliphatic heterocycles. The Balaban J connectivity index is 0.00000729. The van der Waals surface area contributed by atoms with E-state index in [0.29, 0.717) is 6.54 Å². The number of nitrogens with one attached hydrogen (secondary N) is 1. The number of hydrogen-bond acceptors (Lipinski definition) is 4. The molecule has 1 N–H and O–H groups in total. The summed E-state index contributed by atoms with van der Waals surface area (Å²) in [7, 11) is 1.94. The zero-order valence-electron chi connectivity index (χ0n) is 18.7. The van der Waals surface area contributed by atoms with Crippen molar-refractivity contribution in [2.45, 2.75) is 40.5 Å². The largest absolute Gasteiger partial charge is 0.357 e. The van der Waals surface area contributed by atoms with Crippen LogP contribution >= 0.6 is 24.0 Å². The number of hydrogen-bond donors (Lipinski definition) is 1. The van der Waals surface area contributed by atoms with Crippen LogP contribution in [0.3, 0.4) is 0 Å². The van der Waals surface area contributed by atoms with Crippen LogP contribution in [0.4, 0.5) is 0 Å². The van der Waals surface area contributed by atoms with Crippen LogP contribution < -0.4 is 5.32 Å². The summed E-state index contributed by atoms with van der Waals surface area (Å²) in [6.07, 6.45) is 2.26. The first-order valence-corrected chi connectivity index (χ1v) is 10.8. The fraction of sp³-hybridized carbons (Fsp3) is 0.900. The van der Waals surface area contributed by atoms with Crippen LogP contribution in [0.2, 0.25) is 0 Å². The van der Waals surface area contributed by atoms with Gasteiger partial charge in [-0.3, -0.25) is 9.79 Å². The Bertz CT molecular complexity index is 436. The molecule has 0 atom stereocenters. The fourth-order valence-electron chi connectivity index (χ4n) is 3.39. The Morgan fingerprint density at radius 3 is 2.14 bits per heavy atom. The van der Waals surface area contributed by atoms with E-state index in [1.807, 2.05) is 30.7 Å². The minimum atomic E-state index is 0. The lowest BCUT2D eigenvalue weighted by molar-refractivity contribution is -0.131. The monoisotopic (exact) mass is 510 g/mol. The van der Waals surface area contributed by atoms with Gasteiger partial charge in [0.05, 0.1) is 6.54 Å². The SMILES string of the molecule is CCNC(=NCCCCN1CCN(CC)CC1)N(C)CC(=O)N(CC)CC.I. The number of piperazine rings is 1. The molecule has 0 bridgehead atoms. The highest BCUT2D eigenvalue weighted by Gasteiger charge is 2.16. The maximum Gasteiger partial charge on any atom is 0.242 e. The van der Waals surface area contributed by atoms with Crippen molar-refractivity contribution in [1.82, 2.24) is 24.9 Å². The van der Waals surface area contributed by atoms with Gasteiger partial charge in [-0.15, -0.1) is 24.0 Å². The van der Waals surface area contributed by atoms with E-state index in [2.05, 4.69) is 29.0 Å². The summed E-state index contributed by atoms with van der Waals surface area (Å²) < 4.78 is 0. The second-order valence-corrected chi connectivity index (χ2v) is 7.14. The van der Waals surface area contributed by atoms with E-state index in [0.717, 1.165) is 38.6 Å². The average Bonchev–Trinajstić information content (AvgIpc) is 2.68. The van der Waals surface area contributed by atoms with Crippen LogP contribution in [0.1, 0.15) is 40.5 Å². The molecule has 0 aliphatic carbocycles. The Kier molecular flexibility index (Phi) is 15.9. The van der Waals surface area contributed by atoms with E-state index in [1.165, 1.54) is 45.7 Å². The van der Waals surface area contributed by atoms with Crippen molar-refractivity contribution < 1.29 is 4.79 Å². The lowest BCUT2D eigenvalue weighted by Crippen LogP contribution is -2.46. The molecule has 0 saturated carbocycles. The molecule has 1 amide bonds. The summed E-state index contributed by atoms with van der Waals surface area (Å²) in [4.78, 5) is 25.9. The summed E-state index contributed by atoms with van der Waals surface area (Å²) in [5.41, 5.74) is 0. The van der Waals surface area contributed by atoms with Crippen molar-refractivity contribution in [3.05, 3.63) is 0 Å². The summed E-state index contributed by atoms with van der Waals surface area (Å²) in [6.45, 7) is 18.9. The topological polar surface area (TPSA) is 54.4 Å². The van der Waals surface area contributed by atoms with Gasteiger partial charge in [0.1, 0.15) is 0 Å². The van der Waals surface area contributed by atoms with Crippen molar-refractivity contribution in [2.24, 2.45) is 4.99 Å². The number of unbranched alkanes of at least 4 members (excludes halogenated alkanes) is 1. The van der Waals surface area contributed by atoms with Gasteiger partial charge in [0.2, 0.25) is 5.91 Å². The normalized spacial score (nSPS) is 15.8. The van der Waals surface area contributed by atoms with Crippen LogP contribution in [0.5, 0.6) is 0 Å². The van der Waals surface area contributed by atoms with Gasteiger partial charge >= 0.3 is 0 Å². The van der Waals surface area contributed by atoms with E-state index in [-0.39, 0.29) is 29.9 Å². The molecule has 166 valence electrons. The third-order valence-corrected chi connectivity index (χ3v) is 5.24. The number of amides is 1. The van der Waals surface area contributed by atoms with Crippen LogP contribution in [0, 0.1) is 0 Å². The number of carbonyl (C=O) groups is 1. The van der Waals surface area contributed by atoms with Crippen molar-refractivity contribution in [2.75, 3.05) is 79.0 Å². The predicted octanol–water partition coefficient (Wildman–Crippen LogP) is 1.79. The van der Waals surface area contributed by atoms with Gasteiger partial charge < -0.3 is 24.9 Å². The van der Waals surface area contributed by atoms with Gasteiger partial charge in [0, 0.05) is 59.4 Å². The smallest absolute Gasteiger partial charge is 0.242 e. The summed E-state index contributed by atoms with van der Waals surface area (Å²) >= 11 is 0. The molecule has 1 fully saturated rings. The quantitative estimate of drug-likeness (QED) is 0.199. The fourth-order valence-corrected chi connectivity index (χ4v) is 3.39. The lowest BCUT2D eigenvalue weighted by Gasteiger charge is -2.33. The number of aliphatic imine (C=N–C) groups is 1. The third kappa shape index (κ3) is 10.2. The summed E-state index contributed by atoms with van der Waals surface area (Å²) in [5, 5.41) is 3.30.